The Hall–Kier alpha value is -2.71. The fraction of sp³-hybridized carbons (Fsp3) is 0.391. The molecule has 0 aliphatic heterocycles. The van der Waals surface area contributed by atoms with Crippen molar-refractivity contribution in [3.05, 3.63) is 65.2 Å². The molecule has 0 unspecified atom stereocenters. The van der Waals surface area contributed by atoms with Gasteiger partial charge in [0.2, 0.25) is 10.0 Å². The summed E-state index contributed by atoms with van der Waals surface area (Å²) in [6.45, 7) is 7.69. The van der Waals surface area contributed by atoms with Gasteiger partial charge in [-0.1, -0.05) is 54.4 Å². The number of nitrogens with zero attached hydrogens (tertiary/aromatic N) is 1. The number of nitrogens with one attached hydrogen (secondary N) is 1. The van der Waals surface area contributed by atoms with Crippen molar-refractivity contribution in [3.63, 3.8) is 0 Å². The third-order valence-corrected chi connectivity index (χ3v) is 6.25. The molecule has 0 radical (unpaired) electrons. The second-order valence-corrected chi connectivity index (χ2v) is 9.28. The van der Waals surface area contributed by atoms with Gasteiger partial charge >= 0.3 is 5.97 Å². The van der Waals surface area contributed by atoms with Gasteiger partial charge in [-0.15, -0.1) is 0 Å². The number of ether oxygens (including phenoxy) is 1. The first-order valence-electron chi connectivity index (χ1n) is 10.2. The number of sulfonamides is 1. The number of carbonyl (C=O) groups excluding carboxylic acids is 2. The molecular formula is C23H30N2O5S. The van der Waals surface area contributed by atoms with E-state index in [1.165, 1.54) is 19.1 Å². The Morgan fingerprint density at radius 2 is 1.55 bits per heavy atom. The van der Waals surface area contributed by atoms with Crippen molar-refractivity contribution in [2.24, 2.45) is 0 Å². The lowest BCUT2D eigenvalue weighted by molar-refractivity contribution is -0.153. The fourth-order valence-electron chi connectivity index (χ4n) is 2.89. The zero-order valence-electron chi connectivity index (χ0n) is 18.4. The van der Waals surface area contributed by atoms with Crippen LogP contribution in [-0.2, 0) is 30.9 Å². The van der Waals surface area contributed by atoms with Gasteiger partial charge < -0.3 is 9.64 Å². The summed E-state index contributed by atoms with van der Waals surface area (Å²) in [6.07, 6.45) is 0.762. The first-order chi connectivity index (χ1) is 14.6. The molecule has 0 fully saturated rings. The van der Waals surface area contributed by atoms with Crippen molar-refractivity contribution in [1.82, 2.24) is 9.62 Å². The number of aryl methyl sites for hydroxylation is 2. The van der Waals surface area contributed by atoms with Gasteiger partial charge in [-0.25, -0.2) is 8.42 Å². The van der Waals surface area contributed by atoms with Crippen LogP contribution in [0.3, 0.4) is 0 Å². The van der Waals surface area contributed by atoms with E-state index < -0.39 is 28.6 Å². The molecule has 2 rings (SSSR count). The number of amides is 1. The molecule has 1 amide bonds. The Morgan fingerprint density at radius 3 is 2.10 bits per heavy atom. The smallest absolute Gasteiger partial charge is 0.324 e. The summed E-state index contributed by atoms with van der Waals surface area (Å²) in [5.41, 5.74) is 3.04. The lowest BCUT2D eigenvalue weighted by atomic mass is 10.1. The van der Waals surface area contributed by atoms with E-state index in [0.29, 0.717) is 13.1 Å². The number of carbonyl (C=O) groups is 2. The van der Waals surface area contributed by atoms with E-state index >= 15 is 0 Å². The van der Waals surface area contributed by atoms with Gasteiger partial charge in [-0.3, -0.25) is 9.59 Å². The Bertz CT molecular complexity index is 986. The Balaban J connectivity index is 1.93. The Morgan fingerprint density at radius 1 is 1.00 bits per heavy atom. The summed E-state index contributed by atoms with van der Waals surface area (Å²) < 4.78 is 32.2. The zero-order chi connectivity index (χ0) is 23.0. The summed E-state index contributed by atoms with van der Waals surface area (Å²) >= 11 is 0. The van der Waals surface area contributed by atoms with Crippen LogP contribution in [0.5, 0.6) is 0 Å². The molecule has 0 aliphatic rings. The minimum absolute atomic E-state index is 0.0565. The third kappa shape index (κ3) is 7.48. The van der Waals surface area contributed by atoms with E-state index in [1.807, 2.05) is 45.0 Å². The van der Waals surface area contributed by atoms with E-state index in [1.54, 1.807) is 17.0 Å². The molecule has 0 spiro atoms. The first-order valence-corrected chi connectivity index (χ1v) is 11.7. The van der Waals surface area contributed by atoms with Crippen LogP contribution in [0.4, 0.5) is 0 Å². The molecule has 0 heterocycles. The van der Waals surface area contributed by atoms with Gasteiger partial charge in [-0.2, -0.15) is 4.72 Å². The molecule has 31 heavy (non-hydrogen) atoms. The van der Waals surface area contributed by atoms with Crippen LogP contribution in [0.25, 0.3) is 0 Å². The Kier molecular flexibility index (Phi) is 8.76. The molecule has 0 saturated heterocycles. The monoisotopic (exact) mass is 446 g/mol. The van der Waals surface area contributed by atoms with Crippen LogP contribution in [-0.4, -0.2) is 44.4 Å². The van der Waals surface area contributed by atoms with E-state index in [0.717, 1.165) is 23.1 Å². The molecule has 168 valence electrons. The molecule has 7 nitrogen and oxygen atoms in total. The van der Waals surface area contributed by atoms with Crippen LogP contribution in [0.15, 0.2) is 53.4 Å². The number of esters is 1. The summed E-state index contributed by atoms with van der Waals surface area (Å²) in [5, 5.41) is 0. The summed E-state index contributed by atoms with van der Waals surface area (Å²) in [4.78, 5) is 26.5. The summed E-state index contributed by atoms with van der Waals surface area (Å²) in [5.74, 6) is -1.14. The second kappa shape index (κ2) is 11.1. The van der Waals surface area contributed by atoms with Crippen molar-refractivity contribution in [1.29, 1.82) is 0 Å². The van der Waals surface area contributed by atoms with Crippen molar-refractivity contribution >= 4 is 21.9 Å². The van der Waals surface area contributed by atoms with Crippen LogP contribution in [0, 0.1) is 13.8 Å². The average molecular weight is 447 g/mol. The quantitative estimate of drug-likeness (QED) is 0.567. The molecule has 1 atom stereocenters. The maximum atomic E-state index is 12.6. The highest BCUT2D eigenvalue weighted by Gasteiger charge is 2.24. The van der Waals surface area contributed by atoms with Gasteiger partial charge in [0.25, 0.3) is 5.91 Å². The second-order valence-electron chi connectivity index (χ2n) is 7.56. The third-order valence-electron chi connectivity index (χ3n) is 4.69. The molecule has 1 N–H and O–H groups in total. The number of hydrogen-bond donors (Lipinski definition) is 1. The van der Waals surface area contributed by atoms with Crippen LogP contribution in [0.2, 0.25) is 0 Å². The van der Waals surface area contributed by atoms with E-state index in [-0.39, 0.29) is 10.8 Å². The molecule has 2 aromatic carbocycles. The summed E-state index contributed by atoms with van der Waals surface area (Å²) in [6, 6.07) is 13.0. The van der Waals surface area contributed by atoms with Gasteiger partial charge in [-0.05, 0) is 44.9 Å². The molecular weight excluding hydrogens is 416 g/mol. The number of hydrogen-bond acceptors (Lipinski definition) is 5. The zero-order valence-corrected chi connectivity index (χ0v) is 19.2. The van der Waals surface area contributed by atoms with Crippen LogP contribution in [0.1, 0.15) is 37.0 Å². The molecule has 0 bridgehead atoms. The van der Waals surface area contributed by atoms with Gasteiger partial charge in [0, 0.05) is 13.1 Å². The SMILES string of the molecule is CCCN(Cc1ccc(C)cc1)C(=O)COC(=O)[C@H](C)NS(=O)(=O)c1ccc(C)cc1. The van der Waals surface area contributed by atoms with Gasteiger partial charge in [0.05, 0.1) is 4.90 Å². The molecule has 0 aromatic heterocycles. The van der Waals surface area contributed by atoms with Gasteiger partial charge in [0.15, 0.2) is 6.61 Å². The molecule has 0 aliphatic carbocycles. The lowest BCUT2D eigenvalue weighted by Crippen LogP contribution is -2.41. The predicted octanol–water partition coefficient (Wildman–Crippen LogP) is 2.95. The predicted molar refractivity (Wildman–Crippen MR) is 119 cm³/mol. The van der Waals surface area contributed by atoms with Gasteiger partial charge in [0.1, 0.15) is 6.04 Å². The van der Waals surface area contributed by atoms with Crippen molar-refractivity contribution in [2.45, 2.75) is 51.6 Å². The number of rotatable bonds is 10. The summed E-state index contributed by atoms with van der Waals surface area (Å²) in [7, 11) is -3.88. The minimum Gasteiger partial charge on any atom is -0.454 e. The van der Waals surface area contributed by atoms with Crippen molar-refractivity contribution in [3.8, 4) is 0 Å². The molecule has 2 aromatic rings. The largest absolute Gasteiger partial charge is 0.454 e. The average Bonchev–Trinajstić information content (AvgIpc) is 2.73. The Labute approximate surface area is 184 Å². The van der Waals surface area contributed by atoms with E-state index in [4.69, 9.17) is 4.74 Å². The molecule has 0 saturated carbocycles. The highest BCUT2D eigenvalue weighted by atomic mass is 32.2. The maximum absolute atomic E-state index is 12.6. The highest BCUT2D eigenvalue weighted by molar-refractivity contribution is 7.89. The normalized spacial score (nSPS) is 12.3. The lowest BCUT2D eigenvalue weighted by Gasteiger charge is -2.22. The first kappa shape index (κ1) is 24.6. The van der Waals surface area contributed by atoms with Crippen LogP contribution >= 0.6 is 0 Å². The highest BCUT2D eigenvalue weighted by Crippen LogP contribution is 2.11. The molecule has 8 heteroatoms. The minimum atomic E-state index is -3.88. The van der Waals surface area contributed by atoms with Crippen molar-refractivity contribution < 1.29 is 22.7 Å². The standard InChI is InChI=1S/C23H30N2O5S/c1-5-14-25(15-20-10-6-17(2)7-11-20)22(26)16-30-23(27)19(4)24-31(28,29)21-12-8-18(3)9-13-21/h6-13,19,24H,5,14-16H2,1-4H3/t19-/m0/s1. The maximum Gasteiger partial charge on any atom is 0.324 e. The van der Waals surface area contributed by atoms with Crippen molar-refractivity contribution in [2.75, 3.05) is 13.2 Å². The van der Waals surface area contributed by atoms with Crippen LogP contribution < -0.4 is 4.72 Å². The van der Waals surface area contributed by atoms with E-state index in [2.05, 4.69) is 4.72 Å². The fourth-order valence-corrected chi connectivity index (χ4v) is 4.08. The topological polar surface area (TPSA) is 92.8 Å². The van der Waals surface area contributed by atoms with E-state index in [9.17, 15) is 18.0 Å². The number of benzene rings is 2.